The van der Waals surface area contributed by atoms with Crippen LogP contribution in [0.4, 0.5) is 14.9 Å². The van der Waals surface area contributed by atoms with Crippen molar-refractivity contribution in [2.75, 3.05) is 4.90 Å². The Hall–Kier alpha value is -3.78. The molecule has 0 aromatic heterocycles. The Morgan fingerprint density at radius 2 is 1.30 bits per heavy atom. The fraction of sp³-hybridized carbons (Fsp3) is 0.359. The van der Waals surface area contributed by atoms with Gasteiger partial charge in [0, 0.05) is 0 Å². The van der Waals surface area contributed by atoms with Crippen LogP contribution in [0.5, 0.6) is 0 Å². The summed E-state index contributed by atoms with van der Waals surface area (Å²) in [5.41, 5.74) is 0.621. The zero-order valence-electron chi connectivity index (χ0n) is 28.1. The van der Waals surface area contributed by atoms with Gasteiger partial charge in [0.25, 0.3) is 5.91 Å². The summed E-state index contributed by atoms with van der Waals surface area (Å²) in [6.45, 7) is 16.3. The molecule has 1 saturated heterocycles. The Morgan fingerprint density at radius 1 is 0.783 bits per heavy atom. The van der Waals surface area contributed by atoms with E-state index in [4.69, 9.17) is 13.9 Å². The molecule has 4 aromatic rings. The molecule has 2 aliphatic rings. The molecule has 1 fully saturated rings. The van der Waals surface area contributed by atoms with E-state index in [9.17, 15) is 4.79 Å². The first-order valence-corrected chi connectivity index (χ1v) is 18.9. The maximum absolute atomic E-state index is 15.9. The Labute approximate surface area is 273 Å². The zero-order chi connectivity index (χ0) is 33.2. The number of hydrogen-bond donors (Lipinski definition) is 0. The van der Waals surface area contributed by atoms with Gasteiger partial charge in [0.1, 0.15) is 22.4 Å². The van der Waals surface area contributed by atoms with E-state index in [-0.39, 0.29) is 17.3 Å². The predicted molar refractivity (Wildman–Crippen MR) is 183 cm³/mol. The van der Waals surface area contributed by atoms with Crippen molar-refractivity contribution < 1.29 is 23.1 Å². The van der Waals surface area contributed by atoms with E-state index < -0.39 is 36.9 Å². The number of carbonyl (C=O) groups is 1. The number of ether oxygens (including phenoxy) is 2. The SMILES string of the molecule is CC(C)(C)OC(=O)N1c2ccccc2[C@@]2(Cc3ccccc3F)C(c3ccccc3)(c3ccccc3)O[C@@]12O[Si](C)(C)C(C)(C)C. The second-order valence-corrected chi connectivity index (χ2v) is 19.7. The van der Waals surface area contributed by atoms with Gasteiger partial charge < -0.3 is 13.9 Å². The first-order valence-electron chi connectivity index (χ1n) is 16.0. The highest BCUT2D eigenvalue weighted by molar-refractivity contribution is 6.74. The van der Waals surface area contributed by atoms with E-state index in [0.717, 1.165) is 16.7 Å². The molecule has 0 saturated carbocycles. The summed E-state index contributed by atoms with van der Waals surface area (Å²) in [5.74, 6) is -2.00. The van der Waals surface area contributed by atoms with Crippen molar-refractivity contribution >= 4 is 20.1 Å². The second kappa shape index (κ2) is 10.9. The molecular weight excluding hydrogens is 594 g/mol. The molecule has 240 valence electrons. The van der Waals surface area contributed by atoms with E-state index >= 15 is 4.39 Å². The molecule has 0 spiro atoms. The van der Waals surface area contributed by atoms with E-state index in [2.05, 4.69) is 33.9 Å². The molecular formula is C39H44FNO4Si. The van der Waals surface area contributed by atoms with Gasteiger partial charge in [0.15, 0.2) is 8.32 Å². The lowest BCUT2D eigenvalue weighted by Gasteiger charge is -2.69. The quantitative estimate of drug-likeness (QED) is 0.198. The molecule has 5 nitrogen and oxygen atoms in total. The molecule has 1 amide bonds. The average Bonchev–Trinajstić information content (AvgIpc) is 3.16. The zero-order valence-corrected chi connectivity index (χ0v) is 29.1. The van der Waals surface area contributed by atoms with Crippen LogP contribution in [0.2, 0.25) is 18.1 Å². The van der Waals surface area contributed by atoms with Gasteiger partial charge in [-0.3, -0.25) is 0 Å². The highest BCUT2D eigenvalue weighted by Gasteiger charge is 2.86. The third-order valence-corrected chi connectivity index (χ3v) is 14.3. The maximum atomic E-state index is 15.9. The van der Waals surface area contributed by atoms with Crippen molar-refractivity contribution in [1.29, 1.82) is 0 Å². The van der Waals surface area contributed by atoms with Crippen LogP contribution in [0.15, 0.2) is 109 Å². The van der Waals surface area contributed by atoms with E-state index in [0.29, 0.717) is 11.3 Å². The lowest BCUT2D eigenvalue weighted by molar-refractivity contribution is -0.404. The number of halogens is 1. The Bertz CT molecular complexity index is 1710. The van der Waals surface area contributed by atoms with Gasteiger partial charge in [0.05, 0.1) is 5.69 Å². The van der Waals surface area contributed by atoms with Gasteiger partial charge in [-0.1, -0.05) is 118 Å². The lowest BCUT2D eigenvalue weighted by Crippen LogP contribution is -2.84. The number of rotatable bonds is 6. The van der Waals surface area contributed by atoms with Gasteiger partial charge in [-0.25, -0.2) is 14.1 Å². The highest BCUT2D eigenvalue weighted by atomic mass is 28.4. The molecule has 6 rings (SSSR count). The number of carbonyl (C=O) groups excluding carboxylic acids is 1. The summed E-state index contributed by atoms with van der Waals surface area (Å²) in [7, 11) is -2.73. The molecule has 0 bridgehead atoms. The molecule has 2 aliphatic heterocycles. The van der Waals surface area contributed by atoms with Gasteiger partial charge in [-0.05, 0) is 79.7 Å². The number of amides is 1. The summed E-state index contributed by atoms with van der Waals surface area (Å²) in [6, 6.07) is 34.8. The smallest absolute Gasteiger partial charge is 0.419 e. The molecule has 4 aromatic carbocycles. The van der Waals surface area contributed by atoms with Crippen LogP contribution in [0.1, 0.15) is 63.8 Å². The van der Waals surface area contributed by atoms with Gasteiger partial charge in [0.2, 0.25) is 0 Å². The van der Waals surface area contributed by atoms with E-state index in [1.807, 2.05) is 118 Å². The monoisotopic (exact) mass is 637 g/mol. The summed E-state index contributed by atoms with van der Waals surface area (Å²) in [4.78, 5) is 16.2. The maximum Gasteiger partial charge on any atom is 0.419 e. The van der Waals surface area contributed by atoms with Crippen molar-refractivity contribution in [3.05, 3.63) is 137 Å². The molecule has 0 aliphatic carbocycles. The fourth-order valence-corrected chi connectivity index (χ4v) is 8.21. The Morgan fingerprint density at radius 3 is 1.85 bits per heavy atom. The van der Waals surface area contributed by atoms with Gasteiger partial charge in [-0.15, -0.1) is 0 Å². The van der Waals surface area contributed by atoms with E-state index in [1.165, 1.54) is 6.07 Å². The number of benzene rings is 4. The molecule has 2 atom stereocenters. The van der Waals surface area contributed by atoms with Crippen molar-refractivity contribution in [3.63, 3.8) is 0 Å². The summed E-state index contributed by atoms with van der Waals surface area (Å²) < 4.78 is 37.1. The van der Waals surface area contributed by atoms with Crippen LogP contribution in [0.3, 0.4) is 0 Å². The first kappa shape index (κ1) is 32.2. The fourth-order valence-electron chi connectivity index (χ4n) is 6.90. The van der Waals surface area contributed by atoms with Crippen molar-refractivity contribution in [2.24, 2.45) is 0 Å². The van der Waals surface area contributed by atoms with Crippen LogP contribution in [0, 0.1) is 5.82 Å². The molecule has 0 unspecified atom stereocenters. The van der Waals surface area contributed by atoms with E-state index in [1.54, 1.807) is 11.0 Å². The second-order valence-electron chi connectivity index (χ2n) is 15.0. The largest absolute Gasteiger partial charge is 0.443 e. The molecule has 46 heavy (non-hydrogen) atoms. The molecule has 2 heterocycles. The Kier molecular flexibility index (Phi) is 7.62. The number of fused-ring (bicyclic) bond motifs is 3. The normalized spacial score (nSPS) is 22.1. The lowest BCUT2D eigenvalue weighted by atomic mass is 9.53. The predicted octanol–water partition coefficient (Wildman–Crippen LogP) is 9.71. The third kappa shape index (κ3) is 4.66. The number of nitrogens with zero attached hydrogens (tertiary/aromatic N) is 1. The van der Waals surface area contributed by atoms with Crippen LogP contribution in [-0.4, -0.2) is 25.9 Å². The molecule has 0 radical (unpaired) electrons. The standard InChI is InChI=1S/C39H44FNO4Si/c1-35(2,3)43-34(42)41-33-26-18-16-24-31(33)37(27-28-19-15-17-25-32(28)40)38(29-20-11-9-12-21-29,30-22-13-10-14-23-30)44-39(37,41)45-46(7,8)36(4,5)6/h9-26H,27H2,1-8H3/t37-,39-/m0/s1. The minimum atomic E-state index is -2.73. The topological polar surface area (TPSA) is 48.0 Å². The third-order valence-electron chi connectivity index (χ3n) is 9.88. The van der Waals surface area contributed by atoms with Crippen LogP contribution in [-0.2, 0) is 31.3 Å². The van der Waals surface area contributed by atoms with Crippen molar-refractivity contribution in [2.45, 2.75) is 88.6 Å². The highest BCUT2D eigenvalue weighted by Crippen LogP contribution is 2.74. The number of para-hydroxylation sites is 1. The van der Waals surface area contributed by atoms with Crippen LogP contribution in [0.25, 0.3) is 0 Å². The van der Waals surface area contributed by atoms with Crippen molar-refractivity contribution in [1.82, 2.24) is 0 Å². The van der Waals surface area contributed by atoms with Crippen LogP contribution >= 0.6 is 0 Å². The molecule has 0 N–H and O–H groups in total. The van der Waals surface area contributed by atoms with Crippen LogP contribution < -0.4 is 4.90 Å². The number of hydrogen-bond acceptors (Lipinski definition) is 4. The van der Waals surface area contributed by atoms with Gasteiger partial charge in [-0.2, -0.15) is 0 Å². The minimum absolute atomic E-state index is 0.189. The minimum Gasteiger partial charge on any atom is -0.443 e. The summed E-state index contributed by atoms with van der Waals surface area (Å²) >= 11 is 0. The van der Waals surface area contributed by atoms with Crippen molar-refractivity contribution in [3.8, 4) is 0 Å². The first-order chi connectivity index (χ1) is 21.6. The molecule has 7 heteroatoms. The van der Waals surface area contributed by atoms with Gasteiger partial charge >= 0.3 is 6.09 Å². The summed E-state index contributed by atoms with van der Waals surface area (Å²) in [6.07, 6.45) is -0.391. The number of anilines is 1. The average molecular weight is 638 g/mol. The summed E-state index contributed by atoms with van der Waals surface area (Å²) in [5, 5.41) is -0.249. The Balaban J connectivity index is 1.77.